The van der Waals surface area contributed by atoms with Gasteiger partial charge in [-0.05, 0) is 18.2 Å². The maximum Gasteiger partial charge on any atom is 0.228 e. The molecule has 0 radical (unpaired) electrons. The minimum atomic E-state index is -0.560. The number of rotatable bonds is 3. The fourth-order valence-corrected chi connectivity index (χ4v) is 1.06. The standard InChI is InChI=1S/C10H12ClFN2O.ClH/c1-6(5-13)10(15)14-7-2-3-8(11)9(12)4-7;/h2-4,6H,5,13H2,1H3,(H,14,15);1H. The van der Waals surface area contributed by atoms with Crippen molar-refractivity contribution in [2.24, 2.45) is 11.7 Å². The van der Waals surface area contributed by atoms with Crippen molar-refractivity contribution < 1.29 is 9.18 Å². The van der Waals surface area contributed by atoms with Gasteiger partial charge in [-0.2, -0.15) is 0 Å². The molecule has 16 heavy (non-hydrogen) atoms. The molecule has 0 saturated carbocycles. The van der Waals surface area contributed by atoms with Crippen LogP contribution in [0.3, 0.4) is 0 Å². The van der Waals surface area contributed by atoms with E-state index in [0.29, 0.717) is 5.69 Å². The van der Waals surface area contributed by atoms with Gasteiger partial charge < -0.3 is 11.1 Å². The van der Waals surface area contributed by atoms with Gasteiger partial charge >= 0.3 is 0 Å². The second-order valence-electron chi connectivity index (χ2n) is 3.25. The summed E-state index contributed by atoms with van der Waals surface area (Å²) in [5, 5.41) is 2.57. The summed E-state index contributed by atoms with van der Waals surface area (Å²) >= 11 is 5.50. The highest BCUT2D eigenvalue weighted by molar-refractivity contribution is 6.30. The van der Waals surface area contributed by atoms with Crippen LogP contribution in [0.25, 0.3) is 0 Å². The molecule has 0 aliphatic heterocycles. The molecule has 0 fully saturated rings. The molecule has 1 rings (SSSR count). The topological polar surface area (TPSA) is 55.1 Å². The summed E-state index contributed by atoms with van der Waals surface area (Å²) in [6.07, 6.45) is 0. The number of anilines is 1. The molecule has 0 aromatic heterocycles. The normalized spacial score (nSPS) is 11.5. The third kappa shape index (κ3) is 3.96. The van der Waals surface area contributed by atoms with Crippen LogP contribution < -0.4 is 11.1 Å². The van der Waals surface area contributed by atoms with E-state index in [4.69, 9.17) is 17.3 Å². The van der Waals surface area contributed by atoms with E-state index in [2.05, 4.69) is 5.32 Å². The predicted molar refractivity (Wildman–Crippen MR) is 65.5 cm³/mol. The second kappa shape index (κ2) is 6.68. The molecule has 6 heteroatoms. The van der Waals surface area contributed by atoms with Crippen LogP contribution in [0, 0.1) is 11.7 Å². The number of nitrogens with one attached hydrogen (secondary N) is 1. The van der Waals surface area contributed by atoms with Crippen molar-refractivity contribution in [1.82, 2.24) is 0 Å². The summed E-state index contributed by atoms with van der Waals surface area (Å²) < 4.78 is 13.0. The molecule has 0 aliphatic carbocycles. The summed E-state index contributed by atoms with van der Waals surface area (Å²) in [6, 6.07) is 4.09. The van der Waals surface area contributed by atoms with Gasteiger partial charge in [0.15, 0.2) is 0 Å². The van der Waals surface area contributed by atoms with Crippen LogP contribution in [0.2, 0.25) is 5.02 Å². The van der Waals surface area contributed by atoms with E-state index in [-0.39, 0.29) is 35.8 Å². The molecule has 0 saturated heterocycles. The number of hydrogen-bond acceptors (Lipinski definition) is 2. The van der Waals surface area contributed by atoms with Crippen LogP contribution in [0.4, 0.5) is 10.1 Å². The van der Waals surface area contributed by atoms with Crippen molar-refractivity contribution in [2.75, 3.05) is 11.9 Å². The third-order valence-electron chi connectivity index (χ3n) is 1.99. The molecule has 0 spiro atoms. The maximum absolute atomic E-state index is 13.0. The maximum atomic E-state index is 13.0. The lowest BCUT2D eigenvalue weighted by Gasteiger charge is -2.09. The Kier molecular flexibility index (Phi) is 6.33. The lowest BCUT2D eigenvalue weighted by molar-refractivity contribution is -0.119. The number of benzene rings is 1. The quantitative estimate of drug-likeness (QED) is 0.883. The Morgan fingerprint density at radius 3 is 2.75 bits per heavy atom. The second-order valence-corrected chi connectivity index (χ2v) is 3.66. The average molecular weight is 267 g/mol. The molecular formula is C10H13Cl2FN2O. The fraction of sp³-hybridized carbons (Fsp3) is 0.300. The predicted octanol–water partition coefficient (Wildman–Crippen LogP) is 2.43. The lowest BCUT2D eigenvalue weighted by atomic mass is 10.1. The molecule has 0 bridgehead atoms. The number of nitrogens with two attached hydrogens (primary N) is 1. The van der Waals surface area contributed by atoms with Gasteiger partial charge in [-0.15, -0.1) is 12.4 Å². The van der Waals surface area contributed by atoms with Crippen LogP contribution in [0.1, 0.15) is 6.92 Å². The van der Waals surface area contributed by atoms with Gasteiger partial charge in [-0.3, -0.25) is 4.79 Å². The highest BCUT2D eigenvalue weighted by Crippen LogP contribution is 2.18. The number of amides is 1. The molecule has 3 N–H and O–H groups in total. The van der Waals surface area contributed by atoms with E-state index in [9.17, 15) is 9.18 Å². The first kappa shape index (κ1) is 15.2. The van der Waals surface area contributed by atoms with Crippen molar-refractivity contribution in [3.05, 3.63) is 29.0 Å². The van der Waals surface area contributed by atoms with Crippen molar-refractivity contribution in [1.29, 1.82) is 0 Å². The van der Waals surface area contributed by atoms with Gasteiger partial charge in [0, 0.05) is 18.2 Å². The van der Waals surface area contributed by atoms with Gasteiger partial charge in [-0.25, -0.2) is 4.39 Å². The first-order valence-corrected chi connectivity index (χ1v) is 4.88. The summed E-state index contributed by atoms with van der Waals surface area (Å²) in [5.74, 6) is -1.10. The van der Waals surface area contributed by atoms with Gasteiger partial charge in [-0.1, -0.05) is 18.5 Å². The van der Waals surface area contributed by atoms with Gasteiger partial charge in [0.2, 0.25) is 5.91 Å². The average Bonchev–Trinajstić information content (AvgIpc) is 2.22. The largest absolute Gasteiger partial charge is 0.330 e. The molecule has 1 unspecified atom stereocenters. The Hall–Kier alpha value is -0.840. The summed E-state index contributed by atoms with van der Waals surface area (Å²) in [6.45, 7) is 1.95. The smallest absolute Gasteiger partial charge is 0.228 e. The van der Waals surface area contributed by atoms with Crippen molar-refractivity contribution >= 4 is 35.6 Å². The van der Waals surface area contributed by atoms with Crippen LogP contribution in [-0.4, -0.2) is 12.5 Å². The summed E-state index contributed by atoms with van der Waals surface area (Å²) in [4.78, 5) is 11.4. The van der Waals surface area contributed by atoms with Crippen LogP contribution in [0.15, 0.2) is 18.2 Å². The first-order valence-electron chi connectivity index (χ1n) is 4.50. The van der Waals surface area contributed by atoms with E-state index in [1.807, 2.05) is 0 Å². The number of halogens is 3. The molecule has 1 amide bonds. The van der Waals surface area contributed by atoms with E-state index >= 15 is 0 Å². The molecule has 0 heterocycles. The zero-order chi connectivity index (χ0) is 11.4. The van der Waals surface area contributed by atoms with E-state index in [1.165, 1.54) is 18.2 Å². The first-order chi connectivity index (χ1) is 7.04. The van der Waals surface area contributed by atoms with Crippen molar-refractivity contribution in [3.63, 3.8) is 0 Å². The Bertz CT molecular complexity index is 374. The Balaban J connectivity index is 0.00000225. The lowest BCUT2D eigenvalue weighted by Crippen LogP contribution is -2.26. The molecule has 1 aromatic rings. The van der Waals surface area contributed by atoms with Crippen molar-refractivity contribution in [3.8, 4) is 0 Å². The van der Waals surface area contributed by atoms with Crippen molar-refractivity contribution in [2.45, 2.75) is 6.92 Å². The molecule has 90 valence electrons. The Labute approximate surface area is 105 Å². The van der Waals surface area contributed by atoms with E-state index in [1.54, 1.807) is 6.92 Å². The minimum Gasteiger partial charge on any atom is -0.330 e. The van der Waals surface area contributed by atoms with Gasteiger partial charge in [0.1, 0.15) is 5.82 Å². The van der Waals surface area contributed by atoms with Crippen LogP contribution >= 0.6 is 24.0 Å². The summed E-state index contributed by atoms with van der Waals surface area (Å²) in [5.41, 5.74) is 5.70. The van der Waals surface area contributed by atoms with E-state index < -0.39 is 5.82 Å². The molecular weight excluding hydrogens is 254 g/mol. The number of carbonyl (C=O) groups is 1. The van der Waals surface area contributed by atoms with Crippen LogP contribution in [0.5, 0.6) is 0 Å². The number of hydrogen-bond donors (Lipinski definition) is 2. The van der Waals surface area contributed by atoms with Gasteiger partial charge in [0.25, 0.3) is 0 Å². The van der Waals surface area contributed by atoms with Gasteiger partial charge in [0.05, 0.1) is 5.02 Å². The monoisotopic (exact) mass is 266 g/mol. The summed E-state index contributed by atoms with van der Waals surface area (Å²) in [7, 11) is 0. The molecule has 1 atom stereocenters. The highest BCUT2D eigenvalue weighted by Gasteiger charge is 2.11. The Morgan fingerprint density at radius 2 is 2.25 bits per heavy atom. The van der Waals surface area contributed by atoms with E-state index in [0.717, 1.165) is 0 Å². The highest BCUT2D eigenvalue weighted by atomic mass is 35.5. The molecule has 0 aliphatic rings. The Morgan fingerprint density at radius 1 is 1.62 bits per heavy atom. The number of carbonyl (C=O) groups excluding carboxylic acids is 1. The zero-order valence-corrected chi connectivity index (χ0v) is 10.2. The third-order valence-corrected chi connectivity index (χ3v) is 2.29. The SMILES string of the molecule is CC(CN)C(=O)Nc1ccc(Cl)c(F)c1.Cl. The zero-order valence-electron chi connectivity index (χ0n) is 8.67. The molecule has 3 nitrogen and oxygen atoms in total. The molecule has 1 aromatic carbocycles. The minimum absolute atomic E-state index is 0. The fourth-order valence-electron chi connectivity index (χ4n) is 0.946. The van der Waals surface area contributed by atoms with Crippen LogP contribution in [-0.2, 0) is 4.79 Å².